The third-order valence-corrected chi connectivity index (χ3v) is 9.82. The molecular weight excluding hydrogens is 705 g/mol. The molecule has 8 heteroatoms. The van der Waals surface area contributed by atoms with Crippen LogP contribution in [0.3, 0.4) is 0 Å². The summed E-state index contributed by atoms with van der Waals surface area (Å²) in [6.45, 7) is 0.111. The molecule has 286 valence electrons. The number of hydrogen-bond donors (Lipinski definition) is 1. The van der Waals surface area contributed by atoms with Crippen molar-refractivity contribution in [2.24, 2.45) is 0 Å². The monoisotopic (exact) mass is 750 g/mol. The Bertz CT molecular complexity index is 1940. The lowest BCUT2D eigenvalue weighted by Crippen LogP contribution is -2.62. The first-order valence-corrected chi connectivity index (χ1v) is 18.9. The maximum absolute atomic E-state index is 12.0. The Labute approximate surface area is 328 Å². The van der Waals surface area contributed by atoms with Crippen LogP contribution in [-0.4, -0.2) is 55.0 Å². The Morgan fingerprint density at radius 3 is 1.23 bits per heavy atom. The summed E-state index contributed by atoms with van der Waals surface area (Å²) in [5, 5.41) is 9.77. The molecule has 1 aliphatic rings. The lowest BCUT2D eigenvalue weighted by molar-refractivity contribution is -0.329. The molecule has 1 saturated heterocycles. The van der Waals surface area contributed by atoms with Crippen molar-refractivity contribution < 1.29 is 38.3 Å². The van der Waals surface area contributed by atoms with Crippen molar-refractivity contribution in [1.82, 2.24) is 0 Å². The number of aliphatic carboxylic acids is 1. The van der Waals surface area contributed by atoms with Crippen molar-refractivity contribution in [2.75, 3.05) is 13.2 Å². The smallest absolute Gasteiger partial charge is 0.329 e. The van der Waals surface area contributed by atoms with Gasteiger partial charge in [0.1, 0.15) is 36.6 Å². The molecule has 1 aliphatic heterocycles. The van der Waals surface area contributed by atoms with Crippen LogP contribution in [0.5, 0.6) is 0 Å². The topological polar surface area (TPSA) is 92.7 Å². The standard InChI is InChI=1S/C48H46O8/c49-43(50)35-54-47-46(53-33-38-23-11-3-12-24-38)45(52-32-37-21-9-2-10-22-37)44(51-31-36-19-7-1-8-20-36)42(56-47)34-55-48(39-25-13-4-14-26-39,40-27-15-5-16-28-40)41-29-17-6-18-30-41/h1-30,42,44-47H,31-35H2,(H,49,50)/t42-,44-,45+,46-,47-/m1/s1. The summed E-state index contributed by atoms with van der Waals surface area (Å²) in [4.78, 5) is 12.0. The number of carboxylic acids is 1. The fourth-order valence-corrected chi connectivity index (χ4v) is 7.14. The minimum atomic E-state index is -1.14. The molecule has 0 unspecified atom stereocenters. The van der Waals surface area contributed by atoms with E-state index in [1.807, 2.05) is 146 Å². The van der Waals surface area contributed by atoms with Gasteiger partial charge in [-0.15, -0.1) is 0 Å². The zero-order valence-corrected chi connectivity index (χ0v) is 31.0. The zero-order valence-electron chi connectivity index (χ0n) is 31.0. The maximum Gasteiger partial charge on any atom is 0.329 e. The average molecular weight is 751 g/mol. The third kappa shape index (κ3) is 9.67. The molecule has 56 heavy (non-hydrogen) atoms. The van der Waals surface area contributed by atoms with E-state index < -0.39 is 48.9 Å². The van der Waals surface area contributed by atoms with Crippen LogP contribution in [0.25, 0.3) is 0 Å². The van der Waals surface area contributed by atoms with Crippen LogP contribution in [-0.2, 0) is 58.6 Å². The summed E-state index contributed by atoms with van der Waals surface area (Å²) < 4.78 is 40.3. The lowest BCUT2D eigenvalue weighted by atomic mass is 9.80. The highest BCUT2D eigenvalue weighted by Gasteiger charge is 2.50. The highest BCUT2D eigenvalue weighted by molar-refractivity contribution is 5.68. The van der Waals surface area contributed by atoms with Crippen LogP contribution in [0.4, 0.5) is 0 Å². The molecule has 0 bridgehead atoms. The highest BCUT2D eigenvalue weighted by Crippen LogP contribution is 2.42. The summed E-state index contributed by atoms with van der Waals surface area (Å²) in [6.07, 6.45) is -4.34. The predicted molar refractivity (Wildman–Crippen MR) is 212 cm³/mol. The van der Waals surface area contributed by atoms with Gasteiger partial charge in [0.2, 0.25) is 0 Å². The zero-order chi connectivity index (χ0) is 38.4. The van der Waals surface area contributed by atoms with Crippen molar-refractivity contribution in [2.45, 2.75) is 56.1 Å². The Morgan fingerprint density at radius 2 is 0.839 bits per heavy atom. The van der Waals surface area contributed by atoms with Crippen molar-refractivity contribution in [3.05, 3.63) is 215 Å². The normalized spacial score (nSPS) is 19.7. The van der Waals surface area contributed by atoms with Gasteiger partial charge >= 0.3 is 5.97 Å². The van der Waals surface area contributed by atoms with Gasteiger partial charge in [0, 0.05) is 0 Å². The molecule has 8 nitrogen and oxygen atoms in total. The van der Waals surface area contributed by atoms with Gasteiger partial charge in [-0.3, -0.25) is 0 Å². The minimum absolute atomic E-state index is 0.0155. The third-order valence-electron chi connectivity index (χ3n) is 9.82. The summed E-state index contributed by atoms with van der Waals surface area (Å²) in [6, 6.07) is 59.8. The maximum atomic E-state index is 12.0. The molecule has 5 atom stereocenters. The van der Waals surface area contributed by atoms with E-state index in [9.17, 15) is 9.90 Å². The second-order valence-corrected chi connectivity index (χ2v) is 13.6. The summed E-state index contributed by atoms with van der Waals surface area (Å²) in [7, 11) is 0. The molecule has 0 spiro atoms. The number of ether oxygens (including phenoxy) is 6. The van der Waals surface area contributed by atoms with E-state index in [-0.39, 0.29) is 26.4 Å². The van der Waals surface area contributed by atoms with Crippen LogP contribution >= 0.6 is 0 Å². The summed E-state index contributed by atoms with van der Waals surface area (Å²) >= 11 is 0. The summed E-state index contributed by atoms with van der Waals surface area (Å²) in [5.41, 5.74) is 4.56. The predicted octanol–water partition coefficient (Wildman–Crippen LogP) is 8.58. The fourth-order valence-electron chi connectivity index (χ4n) is 7.14. The van der Waals surface area contributed by atoms with Crippen LogP contribution < -0.4 is 0 Å². The van der Waals surface area contributed by atoms with Crippen LogP contribution in [0.2, 0.25) is 0 Å². The molecule has 0 aromatic heterocycles. The SMILES string of the molecule is O=C(O)CO[C@@H]1O[C@H](COC(c2ccccc2)(c2ccccc2)c2ccccc2)[C@@H](OCc2ccccc2)[C@H](OCc2ccccc2)[C@H]1OCc1ccccc1. The van der Waals surface area contributed by atoms with Crippen molar-refractivity contribution in [3.63, 3.8) is 0 Å². The molecule has 0 radical (unpaired) electrons. The molecule has 6 aromatic rings. The van der Waals surface area contributed by atoms with Gasteiger partial charge < -0.3 is 33.5 Å². The van der Waals surface area contributed by atoms with Crippen LogP contribution in [0.1, 0.15) is 33.4 Å². The van der Waals surface area contributed by atoms with E-state index >= 15 is 0 Å². The Kier molecular flexibility index (Phi) is 13.5. The van der Waals surface area contributed by atoms with E-state index in [0.29, 0.717) is 0 Å². The van der Waals surface area contributed by atoms with E-state index in [2.05, 4.69) is 36.4 Å². The van der Waals surface area contributed by atoms with E-state index in [1.165, 1.54) is 0 Å². The molecule has 0 amide bonds. The van der Waals surface area contributed by atoms with Gasteiger partial charge in [0.15, 0.2) is 6.29 Å². The lowest BCUT2D eigenvalue weighted by Gasteiger charge is -2.47. The molecule has 6 aromatic carbocycles. The van der Waals surface area contributed by atoms with Gasteiger partial charge in [-0.25, -0.2) is 4.79 Å². The van der Waals surface area contributed by atoms with Gasteiger partial charge in [-0.1, -0.05) is 182 Å². The largest absolute Gasteiger partial charge is 0.480 e. The quantitative estimate of drug-likeness (QED) is 0.0875. The fraction of sp³-hybridized carbons (Fsp3) is 0.229. The second-order valence-electron chi connectivity index (χ2n) is 13.6. The molecule has 0 saturated carbocycles. The average Bonchev–Trinajstić information content (AvgIpc) is 3.26. The van der Waals surface area contributed by atoms with E-state index in [4.69, 9.17) is 28.4 Å². The van der Waals surface area contributed by atoms with Gasteiger partial charge in [0.25, 0.3) is 0 Å². The van der Waals surface area contributed by atoms with Crippen molar-refractivity contribution in [3.8, 4) is 0 Å². The summed E-state index contributed by atoms with van der Waals surface area (Å²) in [5.74, 6) is -1.14. The Balaban J connectivity index is 1.30. The minimum Gasteiger partial charge on any atom is -0.480 e. The highest BCUT2D eigenvalue weighted by atomic mass is 16.7. The van der Waals surface area contributed by atoms with E-state index in [0.717, 1.165) is 33.4 Å². The van der Waals surface area contributed by atoms with E-state index in [1.54, 1.807) is 0 Å². The van der Waals surface area contributed by atoms with Crippen LogP contribution in [0, 0.1) is 0 Å². The van der Waals surface area contributed by atoms with Gasteiger partial charge in [-0.2, -0.15) is 0 Å². The number of carbonyl (C=O) groups is 1. The molecule has 1 fully saturated rings. The van der Waals surface area contributed by atoms with Gasteiger partial charge in [0.05, 0.1) is 26.4 Å². The van der Waals surface area contributed by atoms with Crippen LogP contribution in [0.15, 0.2) is 182 Å². The molecule has 7 rings (SSSR count). The molecule has 0 aliphatic carbocycles. The number of hydrogen-bond acceptors (Lipinski definition) is 7. The van der Waals surface area contributed by atoms with Crippen molar-refractivity contribution >= 4 is 5.97 Å². The van der Waals surface area contributed by atoms with Gasteiger partial charge in [-0.05, 0) is 33.4 Å². The number of benzene rings is 6. The molecular formula is C48H46O8. The first-order chi connectivity index (χ1) is 27.6. The number of rotatable bonds is 18. The first kappa shape index (κ1) is 38.8. The Hall–Kier alpha value is -5.45. The Morgan fingerprint density at radius 1 is 0.482 bits per heavy atom. The number of carboxylic acid groups (broad SMARTS) is 1. The molecule has 1 heterocycles. The first-order valence-electron chi connectivity index (χ1n) is 18.9. The van der Waals surface area contributed by atoms with Crippen molar-refractivity contribution in [1.29, 1.82) is 0 Å². The second kappa shape index (κ2) is 19.4. The molecule has 1 N–H and O–H groups in total.